The summed E-state index contributed by atoms with van der Waals surface area (Å²) < 4.78 is 27.2. The monoisotopic (exact) mass is 450 g/mol. The van der Waals surface area contributed by atoms with Crippen LogP contribution in [0.2, 0.25) is 0 Å². The van der Waals surface area contributed by atoms with Crippen molar-refractivity contribution < 1.29 is 18.0 Å². The fraction of sp³-hybridized carbons (Fsp3) is 0.636. The van der Waals surface area contributed by atoms with Crippen LogP contribution in [-0.2, 0) is 10.0 Å². The molecule has 2 heterocycles. The first-order valence-electron chi connectivity index (χ1n) is 11.1. The number of likely N-dealkylation sites (tertiary alicyclic amines) is 1. The minimum Gasteiger partial charge on any atom is -0.335 e. The van der Waals surface area contributed by atoms with Crippen molar-refractivity contribution in [2.75, 3.05) is 45.8 Å². The number of carbonyl (C=O) groups is 2. The molecule has 172 valence electrons. The van der Waals surface area contributed by atoms with Crippen molar-refractivity contribution in [3.05, 3.63) is 29.8 Å². The molecule has 0 spiro atoms. The van der Waals surface area contributed by atoms with Crippen LogP contribution >= 0.6 is 0 Å². The number of carbonyl (C=O) groups excluding carboxylic acids is 2. The van der Waals surface area contributed by atoms with Crippen molar-refractivity contribution in [1.29, 1.82) is 0 Å². The molecule has 0 saturated carbocycles. The second kappa shape index (κ2) is 10.1. The van der Waals surface area contributed by atoms with E-state index in [9.17, 15) is 18.0 Å². The molecule has 0 atom stereocenters. The standard InChI is InChI=1S/C22H34N4O4S/c1-17(2)16-24-10-8-20(9-11-24)23-22(28)25-12-14-26(15-13-25)31(29,30)21-6-4-19(5-7-21)18(3)27/h4-7,17,20H,8-16H2,1-3H3,(H,23,28). The van der Waals surface area contributed by atoms with Gasteiger partial charge in [-0.2, -0.15) is 4.31 Å². The molecule has 0 aliphatic carbocycles. The predicted molar refractivity (Wildman–Crippen MR) is 120 cm³/mol. The van der Waals surface area contributed by atoms with Crippen LogP contribution in [-0.4, -0.2) is 86.2 Å². The van der Waals surface area contributed by atoms with Gasteiger partial charge in [0.25, 0.3) is 0 Å². The zero-order valence-electron chi connectivity index (χ0n) is 18.7. The van der Waals surface area contributed by atoms with Crippen LogP contribution in [0.4, 0.5) is 4.79 Å². The third-order valence-electron chi connectivity index (χ3n) is 5.96. The van der Waals surface area contributed by atoms with Gasteiger partial charge >= 0.3 is 6.03 Å². The molecule has 0 unspecified atom stereocenters. The highest BCUT2D eigenvalue weighted by Crippen LogP contribution is 2.19. The average molecular weight is 451 g/mol. The van der Waals surface area contributed by atoms with Gasteiger partial charge in [-0.05, 0) is 37.8 Å². The van der Waals surface area contributed by atoms with Gasteiger partial charge in [0.2, 0.25) is 10.0 Å². The first-order chi connectivity index (χ1) is 14.7. The van der Waals surface area contributed by atoms with Crippen molar-refractivity contribution in [3.8, 4) is 0 Å². The summed E-state index contributed by atoms with van der Waals surface area (Å²) in [4.78, 5) is 28.4. The molecule has 2 fully saturated rings. The van der Waals surface area contributed by atoms with Gasteiger partial charge < -0.3 is 15.1 Å². The van der Waals surface area contributed by atoms with E-state index in [1.807, 2.05) is 0 Å². The van der Waals surface area contributed by atoms with Crippen molar-refractivity contribution in [3.63, 3.8) is 0 Å². The third kappa shape index (κ3) is 6.05. The number of ketones is 1. The summed E-state index contributed by atoms with van der Waals surface area (Å²) in [5.41, 5.74) is 0.482. The minimum atomic E-state index is -3.64. The summed E-state index contributed by atoms with van der Waals surface area (Å²) in [7, 11) is -3.64. The van der Waals surface area contributed by atoms with Crippen LogP contribution < -0.4 is 5.32 Å². The maximum atomic E-state index is 12.9. The van der Waals surface area contributed by atoms with E-state index in [2.05, 4.69) is 24.1 Å². The van der Waals surface area contributed by atoms with Gasteiger partial charge in [-0.25, -0.2) is 13.2 Å². The van der Waals surface area contributed by atoms with Crippen LogP contribution in [0.1, 0.15) is 44.0 Å². The predicted octanol–water partition coefficient (Wildman–Crippen LogP) is 2.03. The molecule has 2 saturated heterocycles. The van der Waals surface area contributed by atoms with Crippen molar-refractivity contribution in [1.82, 2.24) is 19.4 Å². The van der Waals surface area contributed by atoms with Crippen LogP contribution in [0.25, 0.3) is 0 Å². The third-order valence-corrected chi connectivity index (χ3v) is 7.88. The van der Waals surface area contributed by atoms with E-state index in [1.54, 1.807) is 4.90 Å². The Hall–Kier alpha value is -1.97. The number of hydrogen-bond acceptors (Lipinski definition) is 5. The van der Waals surface area contributed by atoms with E-state index in [1.165, 1.54) is 35.5 Å². The van der Waals surface area contributed by atoms with Crippen molar-refractivity contribution in [2.24, 2.45) is 5.92 Å². The smallest absolute Gasteiger partial charge is 0.317 e. The molecule has 0 aromatic heterocycles. The Kier molecular flexibility index (Phi) is 7.72. The fourth-order valence-electron chi connectivity index (χ4n) is 4.18. The molecule has 0 bridgehead atoms. The molecular formula is C22H34N4O4S. The highest BCUT2D eigenvalue weighted by atomic mass is 32.2. The number of sulfonamides is 1. The molecule has 0 radical (unpaired) electrons. The number of piperidine rings is 1. The maximum Gasteiger partial charge on any atom is 0.317 e. The Balaban J connectivity index is 1.48. The van der Waals surface area contributed by atoms with Crippen LogP contribution in [0, 0.1) is 5.92 Å². The molecular weight excluding hydrogens is 416 g/mol. The van der Waals surface area contributed by atoms with Gasteiger partial charge in [0, 0.05) is 57.4 Å². The van der Waals surface area contributed by atoms with E-state index in [-0.39, 0.29) is 35.8 Å². The lowest BCUT2D eigenvalue weighted by Crippen LogP contribution is -2.55. The van der Waals surface area contributed by atoms with Gasteiger partial charge in [-0.1, -0.05) is 26.0 Å². The normalized spacial score (nSPS) is 19.5. The number of nitrogens with zero attached hydrogens (tertiary/aromatic N) is 3. The van der Waals surface area contributed by atoms with Crippen LogP contribution in [0.3, 0.4) is 0 Å². The van der Waals surface area contributed by atoms with Gasteiger partial charge in [-0.15, -0.1) is 0 Å². The molecule has 9 heteroatoms. The lowest BCUT2D eigenvalue weighted by molar-refractivity contribution is 0.101. The largest absolute Gasteiger partial charge is 0.335 e. The number of piperazine rings is 1. The number of benzene rings is 1. The van der Waals surface area contributed by atoms with Crippen molar-refractivity contribution in [2.45, 2.75) is 44.6 Å². The van der Waals surface area contributed by atoms with Gasteiger partial charge in [0.1, 0.15) is 0 Å². The highest BCUT2D eigenvalue weighted by Gasteiger charge is 2.31. The lowest BCUT2D eigenvalue weighted by atomic mass is 10.0. The Morgan fingerprint density at radius 1 is 1.00 bits per heavy atom. The SMILES string of the molecule is CC(=O)c1ccc(S(=O)(=O)N2CCN(C(=O)NC3CCN(CC(C)C)CC3)CC2)cc1. The second-order valence-corrected chi connectivity index (χ2v) is 10.8. The molecule has 2 amide bonds. The lowest BCUT2D eigenvalue weighted by Gasteiger charge is -2.37. The van der Waals surface area contributed by atoms with Gasteiger partial charge in [0.15, 0.2) is 5.78 Å². The van der Waals surface area contributed by atoms with E-state index in [4.69, 9.17) is 0 Å². The number of hydrogen-bond donors (Lipinski definition) is 1. The molecule has 1 N–H and O–H groups in total. The van der Waals surface area contributed by atoms with E-state index in [0.29, 0.717) is 24.6 Å². The first-order valence-corrected chi connectivity index (χ1v) is 12.5. The molecule has 1 aromatic rings. The minimum absolute atomic E-state index is 0.103. The summed E-state index contributed by atoms with van der Waals surface area (Å²) in [6, 6.07) is 6.08. The second-order valence-electron chi connectivity index (χ2n) is 8.89. The van der Waals surface area contributed by atoms with E-state index < -0.39 is 10.0 Å². The van der Waals surface area contributed by atoms with E-state index in [0.717, 1.165) is 32.5 Å². The number of Topliss-reactive ketones (excluding diaryl/α,β-unsaturated/α-hetero) is 1. The molecule has 2 aliphatic rings. The van der Waals surface area contributed by atoms with Crippen molar-refractivity contribution >= 4 is 21.8 Å². The number of amides is 2. The summed E-state index contributed by atoms with van der Waals surface area (Å²) in [6.07, 6.45) is 1.89. The summed E-state index contributed by atoms with van der Waals surface area (Å²) >= 11 is 0. The zero-order valence-corrected chi connectivity index (χ0v) is 19.5. The number of urea groups is 1. The Labute approximate surface area is 185 Å². The number of nitrogens with one attached hydrogen (secondary N) is 1. The quantitative estimate of drug-likeness (QED) is 0.670. The fourth-order valence-corrected chi connectivity index (χ4v) is 5.61. The zero-order chi connectivity index (χ0) is 22.6. The Morgan fingerprint density at radius 2 is 1.58 bits per heavy atom. The average Bonchev–Trinajstić information content (AvgIpc) is 2.75. The topological polar surface area (TPSA) is 90.0 Å². The first kappa shape index (κ1) is 23.7. The van der Waals surface area contributed by atoms with Gasteiger partial charge in [0.05, 0.1) is 4.90 Å². The molecule has 2 aliphatic heterocycles. The molecule has 3 rings (SSSR count). The Morgan fingerprint density at radius 3 is 2.10 bits per heavy atom. The van der Waals surface area contributed by atoms with Gasteiger partial charge in [-0.3, -0.25) is 4.79 Å². The Bertz CT molecular complexity index is 869. The van der Waals surface area contributed by atoms with Crippen LogP contribution in [0.5, 0.6) is 0 Å². The summed E-state index contributed by atoms with van der Waals surface area (Å²) in [5.74, 6) is 0.542. The molecule has 1 aromatic carbocycles. The summed E-state index contributed by atoms with van der Waals surface area (Å²) in [6.45, 7) is 10.2. The van der Waals surface area contributed by atoms with E-state index >= 15 is 0 Å². The number of rotatable bonds is 6. The molecule has 8 nitrogen and oxygen atoms in total. The molecule has 31 heavy (non-hydrogen) atoms. The summed E-state index contributed by atoms with van der Waals surface area (Å²) in [5, 5.41) is 3.12. The van der Waals surface area contributed by atoms with Crippen LogP contribution in [0.15, 0.2) is 29.2 Å². The highest BCUT2D eigenvalue weighted by molar-refractivity contribution is 7.89. The maximum absolute atomic E-state index is 12.9.